The number of pyridine rings is 1. The van der Waals surface area contributed by atoms with E-state index in [2.05, 4.69) is 11.6 Å². The fraction of sp³-hybridized carbons (Fsp3) is 0.214. The Morgan fingerprint density at radius 3 is 2.94 bits per heavy atom. The number of ether oxygens (including phenoxy) is 1. The van der Waals surface area contributed by atoms with Gasteiger partial charge in [-0.15, -0.1) is 0 Å². The quantitative estimate of drug-likeness (QED) is 0.818. The molecule has 3 nitrogen and oxygen atoms in total. The van der Waals surface area contributed by atoms with E-state index in [0.29, 0.717) is 13.2 Å². The topological polar surface area (TPSA) is 48.1 Å². The van der Waals surface area contributed by atoms with Crippen LogP contribution in [-0.2, 0) is 0 Å². The summed E-state index contributed by atoms with van der Waals surface area (Å²) in [6.07, 6.45) is 0. The Balaban J connectivity index is 2.33. The molecule has 2 N–H and O–H groups in total. The zero-order valence-electron chi connectivity index (χ0n) is 9.94. The van der Waals surface area contributed by atoms with Crippen molar-refractivity contribution in [2.45, 2.75) is 6.92 Å². The van der Waals surface area contributed by atoms with Gasteiger partial charge in [0.15, 0.2) is 0 Å². The molecule has 0 atom stereocenters. The van der Waals surface area contributed by atoms with Crippen LogP contribution in [0.3, 0.4) is 0 Å². The average molecular weight is 228 g/mol. The molecule has 0 saturated carbocycles. The molecule has 88 valence electrons. The second-order valence-corrected chi connectivity index (χ2v) is 4.02. The molecule has 0 saturated heterocycles. The molecule has 0 radical (unpaired) electrons. The smallest absolute Gasteiger partial charge is 0.146 e. The van der Waals surface area contributed by atoms with Crippen molar-refractivity contribution >= 4 is 10.9 Å². The molecule has 3 heteroatoms. The number of aromatic nitrogens is 1. The predicted molar refractivity (Wildman–Crippen MR) is 70.2 cm³/mol. The van der Waals surface area contributed by atoms with Gasteiger partial charge in [-0.1, -0.05) is 24.8 Å². The van der Waals surface area contributed by atoms with Crippen LogP contribution in [0.15, 0.2) is 42.5 Å². The highest BCUT2D eigenvalue weighted by molar-refractivity contribution is 5.84. The first-order valence-corrected chi connectivity index (χ1v) is 5.56. The minimum absolute atomic E-state index is 0.436. The van der Waals surface area contributed by atoms with Crippen molar-refractivity contribution < 1.29 is 4.74 Å². The molecule has 17 heavy (non-hydrogen) atoms. The maximum Gasteiger partial charge on any atom is 0.146 e. The summed E-state index contributed by atoms with van der Waals surface area (Å²) >= 11 is 0. The number of hydrogen-bond donors (Lipinski definition) is 1. The Hall–Kier alpha value is -1.87. The molecular formula is C14H16N2O. The van der Waals surface area contributed by atoms with Gasteiger partial charge in [0.25, 0.3) is 0 Å². The van der Waals surface area contributed by atoms with Crippen molar-refractivity contribution in [1.29, 1.82) is 0 Å². The second kappa shape index (κ2) is 4.97. The SMILES string of the molecule is C=C(CN)COc1cccc2ccc(C)nc12. The summed E-state index contributed by atoms with van der Waals surface area (Å²) in [5.74, 6) is 0.779. The average Bonchev–Trinajstić information content (AvgIpc) is 2.35. The third kappa shape index (κ3) is 2.63. The lowest BCUT2D eigenvalue weighted by molar-refractivity contribution is 0.354. The van der Waals surface area contributed by atoms with Crippen molar-refractivity contribution in [3.63, 3.8) is 0 Å². The zero-order valence-corrected chi connectivity index (χ0v) is 9.94. The van der Waals surface area contributed by atoms with E-state index in [0.717, 1.165) is 27.9 Å². The lowest BCUT2D eigenvalue weighted by atomic mass is 10.2. The molecule has 2 rings (SSSR count). The lowest BCUT2D eigenvalue weighted by Crippen LogP contribution is -2.10. The fourth-order valence-electron chi connectivity index (χ4n) is 1.57. The number of benzene rings is 1. The van der Waals surface area contributed by atoms with Gasteiger partial charge in [0.2, 0.25) is 0 Å². The summed E-state index contributed by atoms with van der Waals surface area (Å²) in [6.45, 7) is 6.66. The lowest BCUT2D eigenvalue weighted by Gasteiger charge is -2.09. The third-order valence-electron chi connectivity index (χ3n) is 2.54. The monoisotopic (exact) mass is 228 g/mol. The van der Waals surface area contributed by atoms with Crippen molar-refractivity contribution in [3.8, 4) is 5.75 Å². The van der Waals surface area contributed by atoms with Crippen LogP contribution in [0.5, 0.6) is 5.75 Å². The van der Waals surface area contributed by atoms with Gasteiger partial charge in [0.1, 0.15) is 17.9 Å². The van der Waals surface area contributed by atoms with Gasteiger partial charge in [-0.05, 0) is 24.6 Å². The van der Waals surface area contributed by atoms with Gasteiger partial charge in [-0.2, -0.15) is 0 Å². The van der Waals surface area contributed by atoms with Gasteiger partial charge in [-0.3, -0.25) is 0 Å². The molecule has 0 unspecified atom stereocenters. The molecule has 0 fully saturated rings. The Kier molecular flexibility index (Phi) is 3.40. The van der Waals surface area contributed by atoms with Crippen LogP contribution in [0.2, 0.25) is 0 Å². The van der Waals surface area contributed by atoms with E-state index >= 15 is 0 Å². The van der Waals surface area contributed by atoms with Crippen molar-refractivity contribution in [2.75, 3.05) is 13.2 Å². The van der Waals surface area contributed by atoms with Crippen LogP contribution < -0.4 is 10.5 Å². The molecule has 0 bridgehead atoms. The third-order valence-corrected chi connectivity index (χ3v) is 2.54. The molecule has 0 amide bonds. The van der Waals surface area contributed by atoms with Gasteiger partial charge >= 0.3 is 0 Å². The minimum Gasteiger partial charge on any atom is -0.487 e. The summed E-state index contributed by atoms with van der Waals surface area (Å²) in [5.41, 5.74) is 8.21. The van der Waals surface area contributed by atoms with Crippen LogP contribution in [0.1, 0.15) is 5.69 Å². The van der Waals surface area contributed by atoms with E-state index in [1.54, 1.807) is 0 Å². The molecule has 0 aliphatic heterocycles. The Morgan fingerprint density at radius 1 is 1.35 bits per heavy atom. The van der Waals surface area contributed by atoms with Crippen LogP contribution in [0.4, 0.5) is 0 Å². The zero-order chi connectivity index (χ0) is 12.3. The molecule has 0 aliphatic carbocycles. The first-order valence-electron chi connectivity index (χ1n) is 5.56. The molecule has 1 heterocycles. The standard InChI is InChI=1S/C14H16N2O/c1-10(8-15)9-17-13-5-3-4-12-7-6-11(2)16-14(12)13/h3-7H,1,8-9,15H2,2H3. The molecular weight excluding hydrogens is 212 g/mol. The number of hydrogen-bond acceptors (Lipinski definition) is 3. The Bertz CT molecular complexity index is 549. The predicted octanol–water partition coefficient (Wildman–Crippen LogP) is 2.44. The van der Waals surface area contributed by atoms with Gasteiger partial charge in [-0.25, -0.2) is 4.98 Å². The molecule has 1 aromatic carbocycles. The fourth-order valence-corrected chi connectivity index (χ4v) is 1.57. The molecule has 2 aromatic rings. The number of para-hydroxylation sites is 1. The molecule has 0 spiro atoms. The number of aryl methyl sites for hydroxylation is 1. The minimum atomic E-state index is 0.436. The number of fused-ring (bicyclic) bond motifs is 1. The Labute approximate surface area is 101 Å². The van der Waals surface area contributed by atoms with Crippen LogP contribution in [-0.4, -0.2) is 18.1 Å². The summed E-state index contributed by atoms with van der Waals surface area (Å²) in [6, 6.07) is 9.93. The summed E-state index contributed by atoms with van der Waals surface area (Å²) in [4.78, 5) is 4.49. The summed E-state index contributed by atoms with van der Waals surface area (Å²) in [5, 5.41) is 1.08. The number of nitrogens with zero attached hydrogens (tertiary/aromatic N) is 1. The van der Waals surface area contributed by atoms with E-state index in [1.807, 2.05) is 37.3 Å². The maximum absolute atomic E-state index is 5.68. The van der Waals surface area contributed by atoms with E-state index in [4.69, 9.17) is 10.5 Å². The number of nitrogens with two attached hydrogens (primary N) is 1. The van der Waals surface area contributed by atoms with E-state index in [1.165, 1.54) is 0 Å². The van der Waals surface area contributed by atoms with Crippen molar-refractivity contribution in [3.05, 3.63) is 48.2 Å². The number of rotatable bonds is 4. The van der Waals surface area contributed by atoms with Crippen LogP contribution in [0, 0.1) is 6.92 Å². The highest BCUT2D eigenvalue weighted by Gasteiger charge is 2.04. The largest absolute Gasteiger partial charge is 0.487 e. The van der Waals surface area contributed by atoms with Crippen LogP contribution >= 0.6 is 0 Å². The second-order valence-electron chi connectivity index (χ2n) is 4.02. The highest BCUT2D eigenvalue weighted by Crippen LogP contribution is 2.24. The van der Waals surface area contributed by atoms with E-state index in [-0.39, 0.29) is 0 Å². The van der Waals surface area contributed by atoms with E-state index < -0.39 is 0 Å². The first-order chi connectivity index (χ1) is 8.20. The highest BCUT2D eigenvalue weighted by atomic mass is 16.5. The van der Waals surface area contributed by atoms with Gasteiger partial charge in [0.05, 0.1) is 0 Å². The maximum atomic E-state index is 5.68. The normalized spacial score (nSPS) is 10.5. The summed E-state index contributed by atoms with van der Waals surface area (Å²) in [7, 11) is 0. The summed E-state index contributed by atoms with van der Waals surface area (Å²) < 4.78 is 5.68. The van der Waals surface area contributed by atoms with E-state index in [9.17, 15) is 0 Å². The molecule has 0 aliphatic rings. The van der Waals surface area contributed by atoms with Crippen molar-refractivity contribution in [1.82, 2.24) is 4.98 Å². The van der Waals surface area contributed by atoms with Gasteiger partial charge < -0.3 is 10.5 Å². The van der Waals surface area contributed by atoms with Crippen molar-refractivity contribution in [2.24, 2.45) is 5.73 Å². The molecule has 1 aromatic heterocycles. The van der Waals surface area contributed by atoms with Gasteiger partial charge in [0, 0.05) is 17.6 Å². The van der Waals surface area contributed by atoms with Crippen LogP contribution in [0.25, 0.3) is 10.9 Å². The Morgan fingerprint density at radius 2 is 2.18 bits per heavy atom. The first kappa shape index (κ1) is 11.6.